The van der Waals surface area contributed by atoms with Gasteiger partial charge in [-0.25, -0.2) is 5.48 Å². The van der Waals surface area contributed by atoms with Crippen molar-refractivity contribution in [1.82, 2.24) is 10.0 Å². The van der Waals surface area contributed by atoms with Crippen molar-refractivity contribution in [2.45, 2.75) is 6.54 Å². The van der Waals surface area contributed by atoms with Crippen molar-refractivity contribution >= 4 is 21.8 Å². The summed E-state index contributed by atoms with van der Waals surface area (Å²) in [5.74, 6) is -0.402. The van der Waals surface area contributed by atoms with Crippen LogP contribution in [0.1, 0.15) is 0 Å². The average Bonchev–Trinajstić information content (AvgIpc) is 2.29. The second-order valence-electron chi connectivity index (χ2n) is 3.18. The first kappa shape index (κ1) is 13.9. The van der Waals surface area contributed by atoms with Crippen LogP contribution in [0.3, 0.4) is 0 Å². The van der Waals surface area contributed by atoms with Gasteiger partial charge in [0, 0.05) is 23.8 Å². The third-order valence-corrected chi connectivity index (χ3v) is 2.31. The molecule has 17 heavy (non-hydrogen) atoms. The normalized spacial score (nSPS) is 10.2. The molecule has 0 atom stereocenters. The number of amides is 1. The maximum Gasteiger partial charge on any atom is 0.263 e. The molecule has 1 N–H and O–H groups in total. The van der Waals surface area contributed by atoms with Crippen molar-refractivity contribution in [3.8, 4) is 0 Å². The summed E-state index contributed by atoms with van der Waals surface area (Å²) in [6.45, 7) is 0.554. The van der Waals surface area contributed by atoms with E-state index >= 15 is 0 Å². The third kappa shape index (κ3) is 5.12. The number of nitrogens with one attached hydrogen (secondary N) is 1. The molecule has 1 heterocycles. The molecule has 1 rings (SSSR count). The van der Waals surface area contributed by atoms with Gasteiger partial charge in [0.15, 0.2) is 0 Å². The Morgan fingerprint density at radius 1 is 1.47 bits per heavy atom. The van der Waals surface area contributed by atoms with Gasteiger partial charge in [0.25, 0.3) is 11.5 Å². The zero-order chi connectivity index (χ0) is 12.7. The van der Waals surface area contributed by atoms with E-state index in [0.29, 0.717) is 6.61 Å². The second-order valence-corrected chi connectivity index (χ2v) is 4.10. The molecule has 0 fully saturated rings. The van der Waals surface area contributed by atoms with Crippen molar-refractivity contribution in [2.75, 3.05) is 20.3 Å². The van der Waals surface area contributed by atoms with Gasteiger partial charge in [-0.3, -0.25) is 14.4 Å². The summed E-state index contributed by atoms with van der Waals surface area (Å²) >= 11 is 3.22. The Labute approximate surface area is 107 Å². The Bertz CT molecular complexity index is 433. The molecule has 6 nitrogen and oxygen atoms in total. The van der Waals surface area contributed by atoms with E-state index < -0.39 is 5.91 Å². The minimum atomic E-state index is -0.402. The molecule has 0 bridgehead atoms. The molecular formula is C10H13BrN2O4. The van der Waals surface area contributed by atoms with E-state index in [9.17, 15) is 9.59 Å². The standard InChI is InChI=1S/C10H13BrN2O4/c1-16-4-5-17-12-9(14)7-13-6-8(11)2-3-10(13)15/h2-3,6H,4-5,7H2,1H3,(H,12,14). The fraction of sp³-hybridized carbons (Fsp3) is 0.400. The van der Waals surface area contributed by atoms with Crippen LogP contribution in [0, 0.1) is 0 Å². The monoisotopic (exact) mass is 304 g/mol. The molecule has 94 valence electrons. The SMILES string of the molecule is COCCONC(=O)Cn1cc(Br)ccc1=O. The molecule has 1 amide bonds. The lowest BCUT2D eigenvalue weighted by Crippen LogP contribution is -2.32. The highest BCUT2D eigenvalue weighted by molar-refractivity contribution is 9.10. The van der Waals surface area contributed by atoms with E-state index in [1.165, 1.54) is 23.9 Å². The van der Waals surface area contributed by atoms with E-state index in [0.717, 1.165) is 4.47 Å². The predicted molar refractivity (Wildman–Crippen MR) is 64.4 cm³/mol. The van der Waals surface area contributed by atoms with E-state index in [-0.39, 0.29) is 18.7 Å². The van der Waals surface area contributed by atoms with Gasteiger partial charge in [-0.05, 0) is 22.0 Å². The van der Waals surface area contributed by atoms with Gasteiger partial charge in [-0.2, -0.15) is 0 Å². The Kier molecular flexibility index (Phi) is 5.88. The zero-order valence-corrected chi connectivity index (χ0v) is 10.9. The lowest BCUT2D eigenvalue weighted by atomic mass is 10.4. The van der Waals surface area contributed by atoms with Crippen LogP contribution in [0.5, 0.6) is 0 Å². The van der Waals surface area contributed by atoms with E-state index in [2.05, 4.69) is 21.4 Å². The molecule has 1 aromatic rings. The zero-order valence-electron chi connectivity index (χ0n) is 9.31. The van der Waals surface area contributed by atoms with Crippen molar-refractivity contribution < 1.29 is 14.4 Å². The van der Waals surface area contributed by atoms with Gasteiger partial charge in [0.2, 0.25) is 0 Å². The van der Waals surface area contributed by atoms with Crippen LogP contribution in [0.25, 0.3) is 0 Å². The summed E-state index contributed by atoms with van der Waals surface area (Å²) in [6, 6.07) is 3.00. The Morgan fingerprint density at radius 3 is 2.94 bits per heavy atom. The second kappa shape index (κ2) is 7.21. The maximum atomic E-state index is 11.4. The molecule has 0 spiro atoms. The van der Waals surface area contributed by atoms with Crippen LogP contribution in [0.15, 0.2) is 27.6 Å². The van der Waals surface area contributed by atoms with Gasteiger partial charge >= 0.3 is 0 Å². The summed E-state index contributed by atoms with van der Waals surface area (Å²) in [5.41, 5.74) is 1.97. The number of carbonyl (C=O) groups is 1. The number of methoxy groups -OCH3 is 1. The molecule has 0 unspecified atom stereocenters. The van der Waals surface area contributed by atoms with Gasteiger partial charge in [0.05, 0.1) is 13.2 Å². The molecule has 0 aliphatic carbocycles. The molecule has 0 aliphatic heterocycles. The summed E-state index contributed by atoms with van der Waals surface area (Å²) in [6.07, 6.45) is 1.54. The van der Waals surface area contributed by atoms with Crippen molar-refractivity contribution in [3.05, 3.63) is 33.2 Å². The quantitative estimate of drug-likeness (QED) is 0.606. The van der Waals surface area contributed by atoms with Gasteiger partial charge in [0.1, 0.15) is 6.54 Å². The first-order chi connectivity index (χ1) is 8.13. The maximum absolute atomic E-state index is 11.4. The van der Waals surface area contributed by atoms with Gasteiger partial charge in [-0.15, -0.1) is 0 Å². The molecule has 0 aliphatic rings. The fourth-order valence-electron chi connectivity index (χ4n) is 1.07. The topological polar surface area (TPSA) is 69.6 Å². The highest BCUT2D eigenvalue weighted by Gasteiger charge is 2.04. The molecular weight excluding hydrogens is 292 g/mol. The predicted octanol–water partition coefficient (Wildman–Crippen LogP) is 0.305. The summed E-state index contributed by atoms with van der Waals surface area (Å²) in [7, 11) is 1.53. The highest BCUT2D eigenvalue weighted by atomic mass is 79.9. The number of carbonyl (C=O) groups excluding carboxylic acids is 1. The van der Waals surface area contributed by atoms with Crippen LogP contribution in [0.4, 0.5) is 0 Å². The van der Waals surface area contributed by atoms with Crippen molar-refractivity contribution in [3.63, 3.8) is 0 Å². The van der Waals surface area contributed by atoms with Gasteiger partial charge < -0.3 is 9.30 Å². The fourth-order valence-corrected chi connectivity index (χ4v) is 1.45. The molecule has 0 saturated carbocycles. The van der Waals surface area contributed by atoms with Crippen LogP contribution in [0.2, 0.25) is 0 Å². The van der Waals surface area contributed by atoms with E-state index in [1.807, 2.05) is 0 Å². The molecule has 1 aromatic heterocycles. The smallest absolute Gasteiger partial charge is 0.263 e. The number of hydrogen-bond donors (Lipinski definition) is 1. The Balaban J connectivity index is 2.45. The molecule has 0 saturated heterocycles. The minimum absolute atomic E-state index is 0.0920. The van der Waals surface area contributed by atoms with Crippen molar-refractivity contribution in [1.29, 1.82) is 0 Å². The van der Waals surface area contributed by atoms with Crippen LogP contribution in [-0.2, 0) is 20.9 Å². The number of rotatable bonds is 6. The van der Waals surface area contributed by atoms with Crippen molar-refractivity contribution in [2.24, 2.45) is 0 Å². The lowest BCUT2D eigenvalue weighted by Gasteiger charge is -2.07. The first-order valence-corrected chi connectivity index (χ1v) is 5.68. The van der Waals surface area contributed by atoms with E-state index in [4.69, 9.17) is 9.57 Å². The average molecular weight is 305 g/mol. The summed E-state index contributed by atoms with van der Waals surface area (Å²) in [5, 5.41) is 0. The third-order valence-electron chi connectivity index (χ3n) is 1.84. The number of hydroxylamine groups is 1. The number of ether oxygens (including phenoxy) is 1. The molecule has 0 aromatic carbocycles. The number of pyridine rings is 1. The number of aromatic nitrogens is 1. The number of hydrogen-bond acceptors (Lipinski definition) is 4. The number of nitrogens with zero attached hydrogens (tertiary/aromatic N) is 1. The first-order valence-electron chi connectivity index (χ1n) is 4.89. The minimum Gasteiger partial charge on any atom is -0.382 e. The lowest BCUT2D eigenvalue weighted by molar-refractivity contribution is -0.135. The van der Waals surface area contributed by atoms with E-state index in [1.54, 1.807) is 6.07 Å². The molecule has 0 radical (unpaired) electrons. The Hall–Kier alpha value is -1.18. The highest BCUT2D eigenvalue weighted by Crippen LogP contribution is 2.04. The van der Waals surface area contributed by atoms with Gasteiger partial charge in [-0.1, -0.05) is 0 Å². The number of halogens is 1. The van der Waals surface area contributed by atoms with Crippen LogP contribution < -0.4 is 11.0 Å². The van der Waals surface area contributed by atoms with Crippen LogP contribution >= 0.6 is 15.9 Å². The van der Waals surface area contributed by atoms with Crippen LogP contribution in [-0.4, -0.2) is 30.8 Å². The largest absolute Gasteiger partial charge is 0.382 e. The summed E-state index contributed by atoms with van der Waals surface area (Å²) in [4.78, 5) is 27.6. The Morgan fingerprint density at radius 2 is 2.24 bits per heavy atom. The molecule has 7 heteroatoms. The summed E-state index contributed by atoms with van der Waals surface area (Å²) < 4.78 is 6.74.